The Morgan fingerprint density at radius 2 is 1.61 bits per heavy atom. The van der Waals surface area contributed by atoms with Crippen molar-refractivity contribution in [2.24, 2.45) is 23.2 Å². The molecule has 122 valence electrons. The van der Waals surface area contributed by atoms with Gasteiger partial charge in [0.25, 0.3) is 5.24 Å². The van der Waals surface area contributed by atoms with Crippen molar-refractivity contribution in [1.29, 1.82) is 0 Å². The Morgan fingerprint density at radius 3 is 2.17 bits per heavy atom. The summed E-state index contributed by atoms with van der Waals surface area (Å²) in [6.07, 6.45) is 8.06. The molecule has 4 heteroatoms. The Labute approximate surface area is 141 Å². The molecule has 0 radical (unpaired) electrons. The highest BCUT2D eigenvalue weighted by Gasteiger charge is 2.51. The summed E-state index contributed by atoms with van der Waals surface area (Å²) in [7, 11) is 0. The predicted molar refractivity (Wildman–Crippen MR) is 87.5 cm³/mol. The number of carbonyl (C=O) groups is 2. The second kappa shape index (κ2) is 5.62. The van der Waals surface area contributed by atoms with Gasteiger partial charge in [-0.3, -0.25) is 9.59 Å². The van der Waals surface area contributed by atoms with Crippen LogP contribution in [-0.2, 0) is 4.79 Å². The Kier molecular flexibility index (Phi) is 3.72. The van der Waals surface area contributed by atoms with E-state index in [0.29, 0.717) is 6.42 Å². The molecule has 1 aromatic carbocycles. The van der Waals surface area contributed by atoms with Crippen LogP contribution in [0.2, 0.25) is 0 Å². The van der Waals surface area contributed by atoms with E-state index in [1.54, 1.807) is 24.3 Å². The molecule has 1 aromatic rings. The topological polar surface area (TPSA) is 43.4 Å². The number of carbonyl (C=O) groups excluding carboxylic acids is 2. The molecule has 4 saturated carbocycles. The van der Waals surface area contributed by atoms with Crippen LogP contribution in [0.15, 0.2) is 24.3 Å². The minimum Gasteiger partial charge on any atom is -0.426 e. The lowest BCUT2D eigenvalue weighted by atomic mass is 9.49. The number of hydrogen-bond acceptors (Lipinski definition) is 3. The first-order valence-electron chi connectivity index (χ1n) is 8.52. The Hall–Kier alpha value is -1.35. The van der Waals surface area contributed by atoms with Gasteiger partial charge in [-0.25, -0.2) is 0 Å². The maximum absolute atomic E-state index is 12.5. The number of ether oxygens (including phenoxy) is 1. The van der Waals surface area contributed by atoms with E-state index >= 15 is 0 Å². The zero-order valence-corrected chi connectivity index (χ0v) is 13.8. The largest absolute Gasteiger partial charge is 0.426 e. The highest BCUT2D eigenvalue weighted by Crippen LogP contribution is 2.61. The first-order valence-corrected chi connectivity index (χ1v) is 8.90. The second-order valence-corrected chi connectivity index (χ2v) is 8.18. The number of hydrogen-bond donors (Lipinski definition) is 0. The van der Waals surface area contributed by atoms with Crippen LogP contribution in [0.3, 0.4) is 0 Å². The molecule has 23 heavy (non-hydrogen) atoms. The van der Waals surface area contributed by atoms with Gasteiger partial charge in [-0.2, -0.15) is 0 Å². The van der Waals surface area contributed by atoms with Crippen LogP contribution < -0.4 is 4.74 Å². The van der Waals surface area contributed by atoms with Crippen molar-refractivity contribution in [3.05, 3.63) is 29.8 Å². The number of para-hydroxylation sites is 1. The monoisotopic (exact) mass is 332 g/mol. The lowest BCUT2D eigenvalue weighted by Crippen LogP contribution is -2.47. The molecular weight excluding hydrogens is 312 g/mol. The molecule has 0 aliphatic heterocycles. The van der Waals surface area contributed by atoms with E-state index < -0.39 is 5.24 Å². The highest BCUT2D eigenvalue weighted by molar-refractivity contribution is 6.68. The summed E-state index contributed by atoms with van der Waals surface area (Å²) in [5.41, 5.74) is 0.402. The fraction of sp³-hybridized carbons (Fsp3) is 0.579. The third kappa shape index (κ3) is 2.91. The SMILES string of the molecule is O=C(CC12CC3CC(CC(C3)C1)C2)Oc1ccccc1C(=O)Cl. The van der Waals surface area contributed by atoms with E-state index in [0.717, 1.165) is 17.8 Å². The molecule has 4 aliphatic carbocycles. The first-order chi connectivity index (χ1) is 11.0. The van der Waals surface area contributed by atoms with E-state index in [1.165, 1.54) is 38.5 Å². The van der Waals surface area contributed by atoms with Crippen molar-refractivity contribution in [3.63, 3.8) is 0 Å². The second-order valence-electron chi connectivity index (χ2n) is 7.84. The van der Waals surface area contributed by atoms with Crippen molar-refractivity contribution < 1.29 is 14.3 Å². The Bertz CT molecular complexity index is 616. The molecule has 0 atom stereocenters. The van der Waals surface area contributed by atoms with Crippen molar-refractivity contribution in [3.8, 4) is 5.75 Å². The molecule has 0 aromatic heterocycles. The van der Waals surface area contributed by atoms with Gasteiger partial charge in [0.15, 0.2) is 0 Å². The number of rotatable bonds is 4. The summed E-state index contributed by atoms with van der Waals surface area (Å²) in [5, 5.41) is -0.594. The standard InChI is InChI=1S/C19H21ClO3/c20-18(22)15-3-1-2-4-16(15)23-17(21)11-19-8-12-5-13(9-19)7-14(6-12)10-19/h1-4,12-14H,5-11H2. The number of benzene rings is 1. The lowest BCUT2D eigenvalue weighted by Gasteiger charge is -2.56. The molecular formula is C19H21ClO3. The smallest absolute Gasteiger partial charge is 0.311 e. The molecule has 3 nitrogen and oxygen atoms in total. The van der Waals surface area contributed by atoms with Crippen LogP contribution in [0.5, 0.6) is 5.75 Å². The fourth-order valence-corrected chi connectivity index (χ4v) is 5.85. The Balaban J connectivity index is 1.48. The zero-order valence-electron chi connectivity index (χ0n) is 13.1. The highest BCUT2D eigenvalue weighted by atomic mass is 35.5. The molecule has 0 saturated heterocycles. The maximum atomic E-state index is 12.5. The lowest BCUT2D eigenvalue weighted by molar-refractivity contribution is -0.142. The van der Waals surface area contributed by atoms with Gasteiger partial charge >= 0.3 is 5.97 Å². The van der Waals surface area contributed by atoms with Gasteiger partial charge in [0.05, 0.1) is 12.0 Å². The van der Waals surface area contributed by atoms with Crippen LogP contribution in [0, 0.1) is 23.2 Å². The first kappa shape index (κ1) is 15.2. The quantitative estimate of drug-likeness (QED) is 0.460. The van der Waals surface area contributed by atoms with Gasteiger partial charge < -0.3 is 4.74 Å². The third-order valence-electron chi connectivity index (χ3n) is 6.01. The van der Waals surface area contributed by atoms with Crippen LogP contribution in [-0.4, -0.2) is 11.2 Å². The molecule has 0 unspecified atom stereocenters. The maximum Gasteiger partial charge on any atom is 0.311 e. The summed E-state index contributed by atoms with van der Waals surface area (Å²) in [6.45, 7) is 0. The molecule has 5 rings (SSSR count). The van der Waals surface area contributed by atoms with E-state index in [2.05, 4.69) is 0 Å². The van der Waals surface area contributed by atoms with Gasteiger partial charge in [-0.05, 0) is 85.4 Å². The minimum atomic E-state index is -0.594. The fourth-order valence-electron chi connectivity index (χ4n) is 5.69. The van der Waals surface area contributed by atoms with Gasteiger partial charge in [0, 0.05) is 0 Å². The Morgan fingerprint density at radius 1 is 1.04 bits per heavy atom. The van der Waals surface area contributed by atoms with Crippen LogP contribution >= 0.6 is 11.6 Å². The predicted octanol–water partition coefficient (Wildman–Crippen LogP) is 4.58. The van der Waals surface area contributed by atoms with Crippen LogP contribution in [0.25, 0.3) is 0 Å². The third-order valence-corrected chi connectivity index (χ3v) is 6.21. The summed E-state index contributed by atoms with van der Waals surface area (Å²) < 4.78 is 5.50. The number of halogens is 1. The summed E-state index contributed by atoms with van der Waals surface area (Å²) in [5.74, 6) is 2.49. The molecule has 4 bridgehead atoms. The van der Waals surface area contributed by atoms with Gasteiger partial charge in [-0.15, -0.1) is 0 Å². The molecule has 0 spiro atoms. The normalized spacial score (nSPS) is 34.4. The van der Waals surface area contributed by atoms with E-state index in [-0.39, 0.29) is 22.7 Å². The average molecular weight is 333 g/mol. The van der Waals surface area contributed by atoms with Gasteiger partial charge in [-0.1, -0.05) is 12.1 Å². The minimum absolute atomic E-state index is 0.145. The molecule has 0 N–H and O–H groups in total. The van der Waals surface area contributed by atoms with Crippen LogP contribution in [0.4, 0.5) is 0 Å². The summed E-state index contributed by atoms with van der Waals surface area (Å²) >= 11 is 5.56. The van der Waals surface area contributed by atoms with Crippen molar-refractivity contribution in [2.75, 3.05) is 0 Å². The summed E-state index contributed by atoms with van der Waals surface area (Å²) in [6, 6.07) is 6.68. The summed E-state index contributed by atoms with van der Waals surface area (Å²) in [4.78, 5) is 23.9. The van der Waals surface area contributed by atoms with Gasteiger partial charge in [0.2, 0.25) is 0 Å². The average Bonchev–Trinajstić information content (AvgIpc) is 2.45. The van der Waals surface area contributed by atoms with Crippen molar-refractivity contribution in [2.45, 2.75) is 44.9 Å². The van der Waals surface area contributed by atoms with Crippen molar-refractivity contribution >= 4 is 22.8 Å². The van der Waals surface area contributed by atoms with E-state index in [9.17, 15) is 9.59 Å². The molecule has 0 heterocycles. The molecule has 4 aliphatic rings. The molecule has 0 amide bonds. The molecule has 4 fully saturated rings. The van der Waals surface area contributed by atoms with Crippen LogP contribution in [0.1, 0.15) is 55.3 Å². The van der Waals surface area contributed by atoms with Crippen molar-refractivity contribution in [1.82, 2.24) is 0 Å². The number of esters is 1. The zero-order chi connectivity index (χ0) is 16.0. The van der Waals surface area contributed by atoms with E-state index in [4.69, 9.17) is 16.3 Å². The van der Waals surface area contributed by atoms with Gasteiger partial charge in [0.1, 0.15) is 5.75 Å². The van der Waals surface area contributed by atoms with E-state index in [1.807, 2.05) is 0 Å².